The maximum atomic E-state index is 14.0. The first-order valence-corrected chi connectivity index (χ1v) is 12.2. The second-order valence-corrected chi connectivity index (χ2v) is 9.60. The number of Topliss-reactive ketones (excluding diaryl/α,β-unsaturated/α-hetero) is 1. The van der Waals surface area contributed by atoms with Crippen molar-refractivity contribution >= 4 is 51.5 Å². The highest BCUT2D eigenvalue weighted by Crippen LogP contribution is 2.47. The minimum absolute atomic E-state index is 0.115. The summed E-state index contributed by atoms with van der Waals surface area (Å²) in [5.74, 6) is -0.890. The fraction of sp³-hybridized carbons (Fsp3) is 0.346. The van der Waals surface area contributed by atoms with Crippen LogP contribution in [-0.2, 0) is 16.0 Å². The number of esters is 1. The summed E-state index contributed by atoms with van der Waals surface area (Å²) < 4.78 is 21.1. The monoisotopic (exact) mass is 543 g/mol. The van der Waals surface area contributed by atoms with Gasteiger partial charge in [0.1, 0.15) is 11.4 Å². The number of rotatable bonds is 5. The molecule has 200 valence electrons. The van der Waals surface area contributed by atoms with E-state index < -0.39 is 35.1 Å². The lowest BCUT2D eigenvalue weighted by Gasteiger charge is -2.38. The Morgan fingerprint density at radius 3 is 2.42 bits per heavy atom. The van der Waals surface area contributed by atoms with Crippen molar-refractivity contribution in [2.24, 2.45) is 0 Å². The van der Waals surface area contributed by atoms with Crippen LogP contribution in [0.1, 0.15) is 33.3 Å². The van der Waals surface area contributed by atoms with Gasteiger partial charge in [-0.05, 0) is 31.0 Å². The van der Waals surface area contributed by atoms with Crippen LogP contribution in [0.2, 0.25) is 0 Å². The van der Waals surface area contributed by atoms with Gasteiger partial charge in [0.15, 0.2) is 23.3 Å². The second-order valence-electron chi connectivity index (χ2n) is 9.04. The van der Waals surface area contributed by atoms with E-state index in [4.69, 9.17) is 30.5 Å². The third-order valence-electron chi connectivity index (χ3n) is 7.08. The lowest BCUT2D eigenvalue weighted by atomic mass is 9.89. The largest absolute Gasteiger partial charge is 0.506 e. The number of benzene rings is 2. The zero-order valence-electron chi connectivity index (χ0n) is 21.3. The van der Waals surface area contributed by atoms with E-state index in [-0.39, 0.29) is 29.1 Å². The zero-order chi connectivity index (χ0) is 27.5. The normalized spacial score (nSPS) is 20.0. The van der Waals surface area contributed by atoms with Crippen molar-refractivity contribution in [3.05, 3.63) is 35.0 Å². The maximum absolute atomic E-state index is 14.0. The number of fused-ring (bicyclic) bond motifs is 4. The predicted molar refractivity (Wildman–Crippen MR) is 139 cm³/mol. The molecule has 5 rings (SSSR count). The van der Waals surface area contributed by atoms with Crippen LogP contribution in [0.3, 0.4) is 0 Å². The Kier molecular flexibility index (Phi) is 6.26. The summed E-state index contributed by atoms with van der Waals surface area (Å²) in [7, 11) is 5.64. The van der Waals surface area contributed by atoms with Gasteiger partial charge in [0.05, 0.1) is 62.3 Å². The average Bonchev–Trinajstić information content (AvgIpc) is 3.50. The molecule has 0 fully saturated rings. The number of H-pyrrole nitrogens is 1. The summed E-state index contributed by atoms with van der Waals surface area (Å²) >= 11 is 6.70. The number of nitrogens with one attached hydrogen (secondary N) is 2. The van der Waals surface area contributed by atoms with Gasteiger partial charge in [-0.1, -0.05) is 0 Å². The Bertz CT molecular complexity index is 1500. The van der Waals surface area contributed by atoms with Crippen LogP contribution in [0.5, 0.6) is 23.0 Å². The van der Waals surface area contributed by atoms with E-state index in [1.165, 1.54) is 39.4 Å². The van der Waals surface area contributed by atoms with E-state index in [1.54, 1.807) is 19.1 Å². The molecule has 3 atom stereocenters. The fourth-order valence-electron chi connectivity index (χ4n) is 5.20. The summed E-state index contributed by atoms with van der Waals surface area (Å²) in [6, 6.07) is 2.99. The second kappa shape index (κ2) is 9.32. The van der Waals surface area contributed by atoms with Crippen LogP contribution in [0.25, 0.3) is 10.9 Å². The molecule has 2 aliphatic heterocycles. The van der Waals surface area contributed by atoms with Crippen molar-refractivity contribution in [3.8, 4) is 23.0 Å². The average molecular weight is 544 g/mol. The van der Waals surface area contributed by atoms with Crippen LogP contribution in [0, 0.1) is 0 Å². The molecule has 0 saturated carbocycles. The van der Waals surface area contributed by atoms with E-state index in [1.807, 2.05) is 0 Å². The summed E-state index contributed by atoms with van der Waals surface area (Å²) in [4.78, 5) is 43.9. The van der Waals surface area contributed by atoms with Gasteiger partial charge in [0.2, 0.25) is 5.75 Å². The molecule has 12 heteroatoms. The summed E-state index contributed by atoms with van der Waals surface area (Å²) in [6.07, 6.45) is 0.251. The minimum atomic E-state index is -1.30. The van der Waals surface area contributed by atoms with Crippen LogP contribution < -0.4 is 24.4 Å². The van der Waals surface area contributed by atoms with E-state index in [9.17, 15) is 19.5 Å². The van der Waals surface area contributed by atoms with Crippen LogP contribution >= 0.6 is 11.6 Å². The van der Waals surface area contributed by atoms with Crippen LogP contribution in [-0.4, -0.2) is 73.7 Å². The summed E-state index contributed by atoms with van der Waals surface area (Å²) in [6.45, 7) is 1.79. The molecule has 1 unspecified atom stereocenters. The van der Waals surface area contributed by atoms with E-state index in [2.05, 4.69) is 10.3 Å². The van der Waals surface area contributed by atoms with Crippen LogP contribution in [0.15, 0.2) is 18.2 Å². The number of carbonyl (C=O) groups is 3. The molecule has 0 saturated heterocycles. The Morgan fingerprint density at radius 1 is 1.08 bits per heavy atom. The van der Waals surface area contributed by atoms with Crippen molar-refractivity contribution in [2.75, 3.05) is 38.7 Å². The highest BCUT2D eigenvalue weighted by molar-refractivity contribution is 6.25. The first kappa shape index (κ1) is 25.5. The van der Waals surface area contributed by atoms with Gasteiger partial charge in [-0.15, -0.1) is 11.6 Å². The molecule has 3 aromatic rings. The number of halogens is 1. The van der Waals surface area contributed by atoms with Gasteiger partial charge in [-0.2, -0.15) is 0 Å². The smallest absolute Gasteiger partial charge is 0.336 e. The number of hydrogen-bond donors (Lipinski definition) is 3. The highest BCUT2D eigenvalue weighted by Gasteiger charge is 2.45. The zero-order valence-corrected chi connectivity index (χ0v) is 22.1. The molecule has 0 spiro atoms. The van der Waals surface area contributed by atoms with Gasteiger partial charge >= 0.3 is 5.97 Å². The number of ether oxygens (including phenoxy) is 4. The lowest BCUT2D eigenvalue weighted by molar-refractivity contribution is -0.140. The molecule has 38 heavy (non-hydrogen) atoms. The van der Waals surface area contributed by atoms with Crippen molar-refractivity contribution < 1.29 is 38.4 Å². The maximum Gasteiger partial charge on any atom is 0.336 e. The molecule has 3 heterocycles. The number of nitrogens with zero attached hydrogens (tertiary/aromatic N) is 1. The van der Waals surface area contributed by atoms with Crippen LogP contribution in [0.4, 0.5) is 11.4 Å². The summed E-state index contributed by atoms with van der Waals surface area (Å²) in [5, 5.41) is 13.6. The molecule has 2 aromatic carbocycles. The van der Waals surface area contributed by atoms with E-state index in [0.717, 1.165) is 0 Å². The standard InChI is InChI=1S/C26H26ClN3O8/c1-10-13(27)8-12-15(9-16(31)20-18(12)22(32)21(29-20)26(34)38-5)30(10)25(33)14-6-11-7-17(35-2)23(36-3)24(37-4)19(11)28-14/h6-7,9-10,13,21,28-29,31H,8H2,1-5H3/t10?,13-,21+/m0/s1. The van der Waals surface area contributed by atoms with Crippen molar-refractivity contribution in [1.82, 2.24) is 4.98 Å². The number of amides is 1. The predicted octanol–water partition coefficient (Wildman–Crippen LogP) is 3.25. The first-order chi connectivity index (χ1) is 18.2. The van der Waals surface area contributed by atoms with Gasteiger partial charge in [0, 0.05) is 11.5 Å². The number of anilines is 2. The molecular formula is C26H26ClN3O8. The molecule has 0 radical (unpaired) electrons. The van der Waals surface area contributed by atoms with Crippen molar-refractivity contribution in [2.45, 2.75) is 30.8 Å². The Labute approximate surface area is 222 Å². The first-order valence-electron chi connectivity index (χ1n) is 11.7. The van der Waals surface area contributed by atoms with E-state index in [0.29, 0.717) is 39.4 Å². The number of aromatic hydroxyl groups is 1. The molecule has 1 aromatic heterocycles. The number of alkyl halides is 1. The quantitative estimate of drug-likeness (QED) is 0.191. The molecule has 3 N–H and O–H groups in total. The SMILES string of the molecule is COC(=O)[C@@H]1Nc2c(O)cc3c(c2C1=O)C[C@H](Cl)C(C)N3C(=O)c1cc2cc(OC)c(OC)c(OC)c2[nH]1. The fourth-order valence-corrected chi connectivity index (χ4v) is 5.47. The molecule has 1 amide bonds. The molecule has 0 bridgehead atoms. The van der Waals surface area contributed by atoms with E-state index >= 15 is 0 Å². The number of methoxy groups -OCH3 is 4. The van der Waals surface area contributed by atoms with Gasteiger partial charge < -0.3 is 39.3 Å². The highest BCUT2D eigenvalue weighted by atomic mass is 35.5. The molecule has 11 nitrogen and oxygen atoms in total. The molecular weight excluding hydrogens is 518 g/mol. The number of phenols is 1. The molecule has 0 aliphatic carbocycles. The third kappa shape index (κ3) is 3.60. The topological polar surface area (TPSA) is 139 Å². The van der Waals surface area contributed by atoms with Gasteiger partial charge in [-0.25, -0.2) is 4.79 Å². The lowest BCUT2D eigenvalue weighted by Crippen LogP contribution is -2.48. The van der Waals surface area contributed by atoms with Crippen molar-refractivity contribution in [1.29, 1.82) is 0 Å². The number of aromatic amines is 1. The summed E-state index contributed by atoms with van der Waals surface area (Å²) in [5.41, 5.74) is 1.78. The third-order valence-corrected chi connectivity index (χ3v) is 7.60. The number of carbonyl (C=O) groups excluding carboxylic acids is 3. The Balaban J connectivity index is 1.64. The minimum Gasteiger partial charge on any atom is -0.506 e. The Hall–Kier alpha value is -4.12. The number of hydrogen-bond acceptors (Lipinski definition) is 9. The number of ketones is 1. The van der Waals surface area contributed by atoms with Crippen molar-refractivity contribution in [3.63, 3.8) is 0 Å². The van der Waals surface area contributed by atoms with Gasteiger partial charge in [-0.3, -0.25) is 9.59 Å². The molecule has 2 aliphatic rings. The Morgan fingerprint density at radius 2 is 1.79 bits per heavy atom. The number of phenolic OH excluding ortho intramolecular Hbond substituents is 1. The number of aromatic nitrogens is 1. The van der Waals surface area contributed by atoms with Gasteiger partial charge in [0.25, 0.3) is 5.91 Å².